The summed E-state index contributed by atoms with van der Waals surface area (Å²) in [6.07, 6.45) is 2.43. The molecule has 0 aliphatic carbocycles. The van der Waals surface area contributed by atoms with E-state index in [9.17, 15) is 17.6 Å². The van der Waals surface area contributed by atoms with Crippen molar-refractivity contribution >= 4 is 21.6 Å². The molecule has 33 heavy (non-hydrogen) atoms. The van der Waals surface area contributed by atoms with Crippen LogP contribution in [-0.4, -0.2) is 81.3 Å². The third-order valence-electron chi connectivity index (χ3n) is 6.33. The molecule has 2 aliphatic heterocycles. The molecular weight excluding hydrogens is 443 g/mol. The number of rotatable bonds is 7. The van der Waals surface area contributed by atoms with Crippen molar-refractivity contribution in [2.24, 2.45) is 0 Å². The molecule has 178 valence electrons. The number of hydrogen-bond donors (Lipinski definition) is 0. The van der Waals surface area contributed by atoms with Crippen LogP contribution in [0.15, 0.2) is 53.4 Å². The maximum absolute atomic E-state index is 13.1. The Bertz CT molecular complexity index is 1060. The number of benzene rings is 2. The third kappa shape index (κ3) is 5.54. The van der Waals surface area contributed by atoms with Gasteiger partial charge < -0.3 is 9.80 Å². The number of piperazine rings is 1. The van der Waals surface area contributed by atoms with Crippen molar-refractivity contribution in [2.45, 2.75) is 24.3 Å². The van der Waals surface area contributed by atoms with Gasteiger partial charge in [0.2, 0.25) is 15.9 Å². The lowest BCUT2D eigenvalue weighted by Gasteiger charge is -2.35. The highest BCUT2D eigenvalue weighted by atomic mass is 32.2. The number of anilines is 1. The smallest absolute Gasteiger partial charge is 0.243 e. The van der Waals surface area contributed by atoms with Crippen LogP contribution in [0.4, 0.5) is 10.1 Å². The van der Waals surface area contributed by atoms with Gasteiger partial charge in [0.25, 0.3) is 0 Å². The van der Waals surface area contributed by atoms with E-state index in [1.165, 1.54) is 40.5 Å². The van der Waals surface area contributed by atoms with Crippen LogP contribution in [-0.2, 0) is 21.4 Å². The van der Waals surface area contributed by atoms with Gasteiger partial charge in [-0.3, -0.25) is 9.69 Å². The Morgan fingerprint density at radius 2 is 1.58 bits per heavy atom. The van der Waals surface area contributed by atoms with Crippen LogP contribution in [0.3, 0.4) is 0 Å². The summed E-state index contributed by atoms with van der Waals surface area (Å²) in [5, 5.41) is 0. The van der Waals surface area contributed by atoms with Crippen molar-refractivity contribution in [3.8, 4) is 0 Å². The molecule has 7 nitrogen and oxygen atoms in total. The second-order valence-corrected chi connectivity index (χ2v) is 10.7. The molecule has 0 saturated carbocycles. The summed E-state index contributed by atoms with van der Waals surface area (Å²) < 4.78 is 40.1. The van der Waals surface area contributed by atoms with Crippen LogP contribution in [0, 0.1) is 5.82 Å². The molecule has 0 N–H and O–H groups in total. The zero-order valence-corrected chi connectivity index (χ0v) is 19.8. The first kappa shape index (κ1) is 23.7. The van der Waals surface area contributed by atoms with E-state index in [2.05, 4.69) is 23.1 Å². The molecule has 2 fully saturated rings. The van der Waals surface area contributed by atoms with Crippen molar-refractivity contribution in [1.29, 1.82) is 0 Å². The van der Waals surface area contributed by atoms with E-state index < -0.39 is 15.8 Å². The summed E-state index contributed by atoms with van der Waals surface area (Å²) in [6, 6.07) is 13.2. The van der Waals surface area contributed by atoms with Gasteiger partial charge >= 0.3 is 0 Å². The van der Waals surface area contributed by atoms with Crippen LogP contribution < -0.4 is 4.90 Å². The maximum Gasteiger partial charge on any atom is 0.243 e. The molecule has 0 bridgehead atoms. The highest BCUT2D eigenvalue weighted by molar-refractivity contribution is 7.89. The van der Waals surface area contributed by atoms with Gasteiger partial charge in [-0.15, -0.1) is 0 Å². The summed E-state index contributed by atoms with van der Waals surface area (Å²) >= 11 is 0. The van der Waals surface area contributed by atoms with E-state index in [1.807, 2.05) is 18.0 Å². The highest BCUT2D eigenvalue weighted by Crippen LogP contribution is 2.25. The second-order valence-electron chi connectivity index (χ2n) is 8.73. The molecule has 9 heteroatoms. The number of hydrogen-bond acceptors (Lipinski definition) is 5. The van der Waals surface area contributed by atoms with E-state index in [0.717, 1.165) is 25.2 Å². The lowest BCUT2D eigenvalue weighted by atomic mass is 10.1. The molecule has 1 amide bonds. The molecule has 0 radical (unpaired) electrons. The summed E-state index contributed by atoms with van der Waals surface area (Å²) in [7, 11) is -1.75. The lowest BCUT2D eigenvalue weighted by molar-refractivity contribution is -0.133. The van der Waals surface area contributed by atoms with E-state index in [0.29, 0.717) is 19.6 Å². The first-order chi connectivity index (χ1) is 15.8. The van der Waals surface area contributed by atoms with Gasteiger partial charge in [0.15, 0.2) is 0 Å². The number of sulfonamides is 1. The summed E-state index contributed by atoms with van der Waals surface area (Å²) in [4.78, 5) is 19.1. The fourth-order valence-electron chi connectivity index (χ4n) is 4.52. The Morgan fingerprint density at radius 1 is 0.939 bits per heavy atom. The molecule has 2 heterocycles. The molecule has 2 aliphatic rings. The fourth-order valence-corrected chi connectivity index (χ4v) is 5.94. The Kier molecular flexibility index (Phi) is 7.31. The number of para-hydroxylation sites is 1. The predicted octanol–water partition coefficient (Wildman–Crippen LogP) is 2.39. The van der Waals surface area contributed by atoms with Crippen LogP contribution in [0.5, 0.6) is 0 Å². The Hall–Kier alpha value is -2.49. The predicted molar refractivity (Wildman–Crippen MR) is 126 cm³/mol. The first-order valence-electron chi connectivity index (χ1n) is 11.4. The molecule has 2 aromatic carbocycles. The first-order valence-corrected chi connectivity index (χ1v) is 12.8. The molecule has 2 aromatic rings. The second kappa shape index (κ2) is 10.2. The van der Waals surface area contributed by atoms with Gasteiger partial charge in [0.05, 0.1) is 11.4 Å². The molecule has 0 atom stereocenters. The number of carbonyl (C=O) groups excluding carboxylic acids is 1. The zero-order chi connectivity index (χ0) is 23.4. The van der Waals surface area contributed by atoms with Crippen LogP contribution in [0.1, 0.15) is 18.4 Å². The van der Waals surface area contributed by atoms with Gasteiger partial charge in [-0.1, -0.05) is 18.2 Å². The molecule has 0 aromatic heterocycles. The molecule has 0 spiro atoms. The third-order valence-corrected chi connectivity index (χ3v) is 8.24. The van der Waals surface area contributed by atoms with Gasteiger partial charge in [-0.2, -0.15) is 4.31 Å². The largest absolute Gasteiger partial charge is 0.371 e. The average molecular weight is 475 g/mol. The van der Waals surface area contributed by atoms with Crippen molar-refractivity contribution in [1.82, 2.24) is 14.1 Å². The topological polar surface area (TPSA) is 64.2 Å². The monoisotopic (exact) mass is 474 g/mol. The molecule has 2 saturated heterocycles. The van der Waals surface area contributed by atoms with Gasteiger partial charge in [-0.25, -0.2) is 12.8 Å². The van der Waals surface area contributed by atoms with E-state index in [-0.39, 0.29) is 30.4 Å². The number of amides is 1. The standard InChI is InChI=1S/C24H31FN4O3S/c1-26(18-20-6-2-3-7-23(20)27-12-4-5-13-27)19-24(30)28-14-16-29(17-15-28)33(31,32)22-10-8-21(25)9-11-22/h2-3,6-11H,4-5,12-19H2,1H3. The van der Waals surface area contributed by atoms with Crippen molar-refractivity contribution in [3.63, 3.8) is 0 Å². The van der Waals surface area contributed by atoms with Crippen LogP contribution in [0.2, 0.25) is 0 Å². The number of halogens is 1. The van der Waals surface area contributed by atoms with Gasteiger partial charge in [0, 0.05) is 51.5 Å². The normalized spacial score (nSPS) is 17.7. The number of carbonyl (C=O) groups is 1. The van der Waals surface area contributed by atoms with E-state index in [4.69, 9.17) is 0 Å². The quantitative estimate of drug-likeness (QED) is 0.617. The van der Waals surface area contributed by atoms with E-state index >= 15 is 0 Å². The molecule has 4 rings (SSSR count). The van der Waals surface area contributed by atoms with Crippen LogP contribution in [0.25, 0.3) is 0 Å². The zero-order valence-electron chi connectivity index (χ0n) is 19.0. The minimum Gasteiger partial charge on any atom is -0.371 e. The molecule has 0 unspecified atom stereocenters. The Morgan fingerprint density at radius 3 is 2.24 bits per heavy atom. The van der Waals surface area contributed by atoms with Crippen molar-refractivity contribution < 1.29 is 17.6 Å². The Balaban J connectivity index is 1.31. The highest BCUT2D eigenvalue weighted by Gasteiger charge is 2.30. The average Bonchev–Trinajstić information content (AvgIpc) is 3.34. The summed E-state index contributed by atoms with van der Waals surface area (Å²) in [5.74, 6) is -0.480. The van der Waals surface area contributed by atoms with Crippen molar-refractivity contribution in [2.75, 3.05) is 57.8 Å². The van der Waals surface area contributed by atoms with Crippen LogP contribution >= 0.6 is 0 Å². The summed E-state index contributed by atoms with van der Waals surface area (Å²) in [5.41, 5.74) is 2.46. The van der Waals surface area contributed by atoms with Gasteiger partial charge in [0.1, 0.15) is 5.82 Å². The molecular formula is C24H31FN4O3S. The minimum atomic E-state index is -3.69. The van der Waals surface area contributed by atoms with Crippen molar-refractivity contribution in [3.05, 3.63) is 59.9 Å². The lowest BCUT2D eigenvalue weighted by Crippen LogP contribution is -2.52. The fraction of sp³-hybridized carbons (Fsp3) is 0.458. The summed E-state index contributed by atoms with van der Waals surface area (Å²) in [6.45, 7) is 4.25. The number of nitrogens with zero attached hydrogens (tertiary/aromatic N) is 4. The minimum absolute atomic E-state index is 0.00464. The maximum atomic E-state index is 13.1. The SMILES string of the molecule is CN(CC(=O)N1CCN(S(=O)(=O)c2ccc(F)cc2)CC1)Cc1ccccc1N1CCCC1. The number of likely N-dealkylation sites (N-methyl/N-ethyl adjacent to an activating group) is 1. The Labute approximate surface area is 195 Å². The van der Waals surface area contributed by atoms with Gasteiger partial charge in [-0.05, 0) is 55.8 Å². The van der Waals surface area contributed by atoms with E-state index in [1.54, 1.807) is 4.90 Å².